The molecule has 0 aliphatic carbocycles. The Labute approximate surface area is 159 Å². The second-order valence-corrected chi connectivity index (χ2v) is 6.89. The van der Waals surface area contributed by atoms with E-state index in [0.717, 1.165) is 22.8 Å². The molecule has 1 aromatic carbocycles. The highest BCUT2D eigenvalue weighted by Gasteiger charge is 2.06. The van der Waals surface area contributed by atoms with Crippen LogP contribution < -0.4 is 5.73 Å². The molecule has 6 nitrogen and oxygen atoms in total. The fourth-order valence-electron chi connectivity index (χ4n) is 2.75. The van der Waals surface area contributed by atoms with E-state index in [4.69, 9.17) is 10.6 Å². The van der Waals surface area contributed by atoms with Crippen molar-refractivity contribution in [3.05, 3.63) is 76.7 Å². The molecule has 27 heavy (non-hydrogen) atoms. The summed E-state index contributed by atoms with van der Waals surface area (Å²) in [6.45, 7) is 8.66. The lowest BCUT2D eigenvalue weighted by Gasteiger charge is -2.07. The molecule has 0 spiro atoms. The Morgan fingerprint density at radius 1 is 1.15 bits per heavy atom. The standard InChI is InChI=1S/C21H25N5O/c1-14(2)18-7-5-17(6-8-18)13-27-25-21(22)19-9-10-20(23-12-19)26-16(4)11-15(3)24-26/h5-12,14H,13H2,1-4H3,(H2,22,25). The van der Waals surface area contributed by atoms with Gasteiger partial charge in [-0.25, -0.2) is 9.67 Å². The molecule has 3 aromatic rings. The van der Waals surface area contributed by atoms with Gasteiger partial charge in [0.15, 0.2) is 11.7 Å². The molecule has 6 heteroatoms. The first-order valence-corrected chi connectivity index (χ1v) is 8.98. The van der Waals surface area contributed by atoms with Crippen LogP contribution in [0.15, 0.2) is 53.8 Å². The highest BCUT2D eigenvalue weighted by Crippen LogP contribution is 2.15. The number of nitrogens with two attached hydrogens (primary N) is 1. The van der Waals surface area contributed by atoms with E-state index < -0.39 is 0 Å². The molecule has 0 unspecified atom stereocenters. The van der Waals surface area contributed by atoms with E-state index in [9.17, 15) is 0 Å². The van der Waals surface area contributed by atoms with Gasteiger partial charge in [-0.2, -0.15) is 5.10 Å². The molecule has 140 valence electrons. The molecule has 0 fully saturated rings. The van der Waals surface area contributed by atoms with Crippen molar-refractivity contribution in [3.8, 4) is 5.82 Å². The first-order chi connectivity index (χ1) is 12.9. The first kappa shape index (κ1) is 18.6. The largest absolute Gasteiger partial charge is 0.389 e. The maximum absolute atomic E-state index is 6.01. The van der Waals surface area contributed by atoms with Crippen LogP contribution in [0.25, 0.3) is 5.82 Å². The molecular formula is C21H25N5O. The molecule has 0 saturated carbocycles. The third-order valence-corrected chi connectivity index (χ3v) is 4.31. The number of hydrogen-bond donors (Lipinski definition) is 1. The van der Waals surface area contributed by atoms with E-state index in [1.54, 1.807) is 10.9 Å². The van der Waals surface area contributed by atoms with Crippen molar-refractivity contribution in [2.24, 2.45) is 10.9 Å². The van der Waals surface area contributed by atoms with Gasteiger partial charge in [0.1, 0.15) is 6.61 Å². The Bertz CT molecular complexity index is 924. The number of aryl methyl sites for hydroxylation is 2. The van der Waals surface area contributed by atoms with Crippen LogP contribution >= 0.6 is 0 Å². The molecule has 0 radical (unpaired) electrons. The fraction of sp³-hybridized carbons (Fsp3) is 0.286. The smallest absolute Gasteiger partial charge is 0.171 e. The third kappa shape index (κ3) is 4.53. The van der Waals surface area contributed by atoms with Crippen LogP contribution in [0.5, 0.6) is 0 Å². The minimum Gasteiger partial charge on any atom is -0.389 e. The lowest BCUT2D eigenvalue weighted by Crippen LogP contribution is -2.15. The summed E-state index contributed by atoms with van der Waals surface area (Å²) in [7, 11) is 0. The Morgan fingerprint density at radius 2 is 1.89 bits per heavy atom. The monoisotopic (exact) mass is 363 g/mol. The third-order valence-electron chi connectivity index (χ3n) is 4.31. The van der Waals surface area contributed by atoms with Gasteiger partial charge in [-0.3, -0.25) is 0 Å². The first-order valence-electron chi connectivity index (χ1n) is 8.98. The summed E-state index contributed by atoms with van der Waals surface area (Å²) in [6.07, 6.45) is 1.67. The SMILES string of the molecule is Cc1cc(C)n(-c2ccc(/C(N)=N/OCc3ccc(C(C)C)cc3)cn2)n1. The number of aromatic nitrogens is 3. The topological polar surface area (TPSA) is 78.3 Å². The van der Waals surface area contributed by atoms with Crippen LogP contribution in [0.1, 0.15) is 47.8 Å². The summed E-state index contributed by atoms with van der Waals surface area (Å²) in [5, 5.41) is 8.43. The molecule has 2 heterocycles. The second kappa shape index (κ2) is 8.03. The zero-order valence-corrected chi connectivity index (χ0v) is 16.2. The van der Waals surface area contributed by atoms with Crippen LogP contribution in [-0.2, 0) is 11.4 Å². The maximum atomic E-state index is 6.01. The molecule has 3 rings (SSSR count). The van der Waals surface area contributed by atoms with Crippen molar-refractivity contribution in [2.75, 3.05) is 0 Å². The predicted octanol–water partition coefficient (Wildman–Crippen LogP) is 3.84. The van der Waals surface area contributed by atoms with Gasteiger partial charge in [-0.15, -0.1) is 0 Å². The summed E-state index contributed by atoms with van der Waals surface area (Å²) in [5.41, 5.74) is 11.0. The van der Waals surface area contributed by atoms with Gasteiger partial charge in [0.25, 0.3) is 0 Å². The average Bonchev–Trinajstić information content (AvgIpc) is 3.00. The Morgan fingerprint density at radius 3 is 2.44 bits per heavy atom. The van der Waals surface area contributed by atoms with Crippen LogP contribution in [0.4, 0.5) is 0 Å². The van der Waals surface area contributed by atoms with Gasteiger partial charge in [-0.05, 0) is 49.1 Å². The molecule has 0 amide bonds. The van der Waals surface area contributed by atoms with Crippen LogP contribution in [-0.4, -0.2) is 20.6 Å². The van der Waals surface area contributed by atoms with Gasteiger partial charge in [0.05, 0.1) is 5.69 Å². The maximum Gasteiger partial charge on any atom is 0.171 e. The number of oxime groups is 1. The zero-order valence-electron chi connectivity index (χ0n) is 16.2. The van der Waals surface area contributed by atoms with E-state index in [1.165, 1.54) is 5.56 Å². The fourth-order valence-corrected chi connectivity index (χ4v) is 2.75. The number of nitrogens with zero attached hydrogens (tertiary/aromatic N) is 4. The van der Waals surface area contributed by atoms with E-state index >= 15 is 0 Å². The van der Waals surface area contributed by atoms with Gasteiger partial charge < -0.3 is 10.6 Å². The van der Waals surface area contributed by atoms with Gasteiger partial charge in [0, 0.05) is 17.5 Å². The molecule has 0 atom stereocenters. The van der Waals surface area contributed by atoms with Crippen molar-refractivity contribution >= 4 is 5.84 Å². The summed E-state index contributed by atoms with van der Waals surface area (Å²) < 4.78 is 1.80. The predicted molar refractivity (Wildman–Crippen MR) is 107 cm³/mol. The Hall–Kier alpha value is -3.15. The summed E-state index contributed by atoms with van der Waals surface area (Å²) >= 11 is 0. The number of pyridine rings is 1. The minimum absolute atomic E-state index is 0.293. The van der Waals surface area contributed by atoms with Crippen molar-refractivity contribution in [3.63, 3.8) is 0 Å². The molecule has 2 N–H and O–H groups in total. The van der Waals surface area contributed by atoms with Crippen LogP contribution in [0, 0.1) is 13.8 Å². The average molecular weight is 363 g/mol. The van der Waals surface area contributed by atoms with E-state index in [0.29, 0.717) is 23.9 Å². The van der Waals surface area contributed by atoms with Crippen molar-refractivity contribution < 1.29 is 4.84 Å². The van der Waals surface area contributed by atoms with Crippen LogP contribution in [0.3, 0.4) is 0 Å². The Balaban J connectivity index is 1.63. The van der Waals surface area contributed by atoms with Crippen molar-refractivity contribution in [1.29, 1.82) is 0 Å². The van der Waals surface area contributed by atoms with E-state index in [-0.39, 0.29) is 0 Å². The van der Waals surface area contributed by atoms with E-state index in [1.807, 2.05) is 44.2 Å². The van der Waals surface area contributed by atoms with Crippen molar-refractivity contribution in [1.82, 2.24) is 14.8 Å². The number of benzene rings is 1. The molecule has 0 aliphatic rings. The van der Waals surface area contributed by atoms with Gasteiger partial charge in [-0.1, -0.05) is 43.3 Å². The summed E-state index contributed by atoms with van der Waals surface area (Å²) in [5.74, 6) is 1.54. The quantitative estimate of drug-likeness (QED) is 0.410. The minimum atomic E-state index is 0.293. The van der Waals surface area contributed by atoms with Crippen molar-refractivity contribution in [2.45, 2.75) is 40.2 Å². The molecule has 0 saturated heterocycles. The summed E-state index contributed by atoms with van der Waals surface area (Å²) in [4.78, 5) is 9.81. The lowest BCUT2D eigenvalue weighted by atomic mass is 10.0. The molecule has 0 bridgehead atoms. The number of amidine groups is 1. The number of hydrogen-bond acceptors (Lipinski definition) is 4. The molecule has 0 aliphatic heterocycles. The van der Waals surface area contributed by atoms with E-state index in [2.05, 4.69) is 41.2 Å². The zero-order chi connectivity index (χ0) is 19.4. The Kier molecular flexibility index (Phi) is 5.54. The van der Waals surface area contributed by atoms with Gasteiger partial charge in [0.2, 0.25) is 0 Å². The highest BCUT2D eigenvalue weighted by molar-refractivity contribution is 5.96. The highest BCUT2D eigenvalue weighted by atomic mass is 16.6. The van der Waals surface area contributed by atoms with Gasteiger partial charge >= 0.3 is 0 Å². The normalized spacial score (nSPS) is 11.8. The second-order valence-electron chi connectivity index (χ2n) is 6.89. The molecular weight excluding hydrogens is 338 g/mol. The number of rotatable bonds is 6. The summed E-state index contributed by atoms with van der Waals surface area (Å²) in [6, 6.07) is 14.0. The van der Waals surface area contributed by atoms with Crippen LogP contribution in [0.2, 0.25) is 0 Å². The lowest BCUT2D eigenvalue weighted by molar-refractivity contribution is 0.130. The molecule has 2 aromatic heterocycles.